The van der Waals surface area contributed by atoms with E-state index >= 15 is 0 Å². The largest absolute Gasteiger partial charge is 0.469 e. The Morgan fingerprint density at radius 3 is 2.43 bits per heavy atom. The van der Waals surface area contributed by atoms with Crippen LogP contribution in [0.25, 0.3) is 0 Å². The molecule has 1 N–H and O–H groups in total. The predicted octanol–water partition coefficient (Wildman–Crippen LogP) is 2.02. The van der Waals surface area contributed by atoms with Gasteiger partial charge in [-0.15, -0.1) is 0 Å². The summed E-state index contributed by atoms with van der Waals surface area (Å²) in [7, 11) is 1.41. The number of nitrogens with one attached hydrogen (secondary N) is 1. The second-order valence-electron chi connectivity index (χ2n) is 7.25. The van der Waals surface area contributed by atoms with Crippen LogP contribution in [-0.4, -0.2) is 43.6 Å². The lowest BCUT2D eigenvalue weighted by atomic mass is 9.90. The molecule has 3 aliphatic rings. The molecule has 1 aliphatic heterocycles. The molecular weight excluding hydrogens is 268 g/mol. The van der Waals surface area contributed by atoms with Gasteiger partial charge in [0.1, 0.15) is 0 Å². The van der Waals surface area contributed by atoms with Crippen molar-refractivity contribution in [1.82, 2.24) is 10.2 Å². The molecule has 0 unspecified atom stereocenters. The number of urea groups is 1. The van der Waals surface area contributed by atoms with Gasteiger partial charge in [0, 0.05) is 19.6 Å². The molecule has 2 amide bonds. The molecule has 0 aromatic heterocycles. The van der Waals surface area contributed by atoms with Gasteiger partial charge < -0.3 is 15.0 Å². The predicted molar refractivity (Wildman–Crippen MR) is 78.6 cm³/mol. The van der Waals surface area contributed by atoms with Gasteiger partial charge in [-0.2, -0.15) is 0 Å². The van der Waals surface area contributed by atoms with E-state index in [2.05, 4.69) is 5.32 Å². The Kier molecular flexibility index (Phi) is 3.84. The van der Waals surface area contributed by atoms with Crippen molar-refractivity contribution in [3.05, 3.63) is 0 Å². The van der Waals surface area contributed by atoms with E-state index in [1.54, 1.807) is 4.90 Å². The van der Waals surface area contributed by atoms with E-state index in [1.165, 1.54) is 32.8 Å². The molecule has 1 saturated heterocycles. The highest BCUT2D eigenvalue weighted by atomic mass is 16.5. The minimum Gasteiger partial charge on any atom is -0.469 e. The zero-order valence-electron chi connectivity index (χ0n) is 13.1. The molecule has 1 atom stereocenters. The molecule has 3 rings (SSSR count). The lowest BCUT2D eigenvalue weighted by molar-refractivity contribution is -0.150. The smallest absolute Gasteiger partial charge is 0.317 e. The molecule has 0 radical (unpaired) electrons. The molecule has 0 aromatic carbocycles. The van der Waals surface area contributed by atoms with Gasteiger partial charge >= 0.3 is 12.0 Å². The minimum atomic E-state index is -0.543. The number of rotatable bonds is 5. The number of amides is 2. The Morgan fingerprint density at radius 2 is 1.90 bits per heavy atom. The first-order valence-corrected chi connectivity index (χ1v) is 8.15. The second-order valence-corrected chi connectivity index (χ2v) is 7.25. The van der Waals surface area contributed by atoms with Crippen molar-refractivity contribution >= 4 is 12.0 Å². The van der Waals surface area contributed by atoms with Gasteiger partial charge in [-0.25, -0.2) is 4.79 Å². The Hall–Kier alpha value is -1.26. The third-order valence-electron chi connectivity index (χ3n) is 5.38. The van der Waals surface area contributed by atoms with Crippen LogP contribution in [0.4, 0.5) is 4.79 Å². The number of esters is 1. The van der Waals surface area contributed by atoms with Crippen LogP contribution in [-0.2, 0) is 9.53 Å². The third-order valence-corrected chi connectivity index (χ3v) is 5.38. The molecular formula is C16H26N2O3. The average molecular weight is 294 g/mol. The molecule has 5 nitrogen and oxygen atoms in total. The van der Waals surface area contributed by atoms with Crippen molar-refractivity contribution < 1.29 is 14.3 Å². The first-order chi connectivity index (χ1) is 10.0. The van der Waals surface area contributed by atoms with Crippen molar-refractivity contribution in [3.8, 4) is 0 Å². The van der Waals surface area contributed by atoms with Crippen LogP contribution in [0.15, 0.2) is 0 Å². The lowest BCUT2D eigenvalue weighted by Crippen LogP contribution is -2.43. The molecule has 2 saturated carbocycles. The van der Waals surface area contributed by atoms with Crippen LogP contribution in [0.3, 0.4) is 0 Å². The Labute approximate surface area is 126 Å². The van der Waals surface area contributed by atoms with E-state index in [-0.39, 0.29) is 12.0 Å². The summed E-state index contributed by atoms with van der Waals surface area (Å²) in [4.78, 5) is 25.8. The van der Waals surface area contributed by atoms with Gasteiger partial charge in [0.05, 0.1) is 12.5 Å². The van der Waals surface area contributed by atoms with Gasteiger partial charge in [-0.3, -0.25) is 4.79 Å². The van der Waals surface area contributed by atoms with Gasteiger partial charge in [0.2, 0.25) is 0 Å². The fourth-order valence-electron chi connectivity index (χ4n) is 3.63. The minimum absolute atomic E-state index is 0.0195. The van der Waals surface area contributed by atoms with E-state index in [0.29, 0.717) is 25.4 Å². The number of carbonyl (C=O) groups excluding carboxylic acids is 2. The van der Waals surface area contributed by atoms with Crippen molar-refractivity contribution in [1.29, 1.82) is 0 Å². The SMILES string of the molecule is COC(=O)[C@]1(C)CCN(C(=O)NCC(C2CC2)C2CC2)C1. The number of methoxy groups -OCH3 is 1. The van der Waals surface area contributed by atoms with Crippen LogP contribution in [0.2, 0.25) is 0 Å². The number of hydrogen-bond donors (Lipinski definition) is 1. The highest BCUT2D eigenvalue weighted by Gasteiger charge is 2.44. The van der Waals surface area contributed by atoms with Gasteiger partial charge in [-0.1, -0.05) is 0 Å². The molecule has 5 heteroatoms. The maximum absolute atomic E-state index is 12.3. The highest BCUT2D eigenvalue weighted by molar-refractivity contribution is 5.80. The van der Waals surface area contributed by atoms with Crippen molar-refractivity contribution in [3.63, 3.8) is 0 Å². The van der Waals surface area contributed by atoms with E-state index in [9.17, 15) is 9.59 Å². The normalized spacial score (nSPS) is 28.8. The summed E-state index contributed by atoms with van der Waals surface area (Å²) >= 11 is 0. The fourth-order valence-corrected chi connectivity index (χ4v) is 3.63. The Bertz CT molecular complexity index is 419. The summed E-state index contributed by atoms with van der Waals surface area (Å²) in [6.07, 6.45) is 6.02. The summed E-state index contributed by atoms with van der Waals surface area (Å²) in [6.45, 7) is 3.78. The van der Waals surface area contributed by atoms with Crippen molar-refractivity contribution in [2.75, 3.05) is 26.7 Å². The quantitative estimate of drug-likeness (QED) is 0.789. The van der Waals surface area contributed by atoms with E-state index in [1.807, 2.05) is 6.92 Å². The van der Waals surface area contributed by atoms with Crippen LogP contribution in [0.1, 0.15) is 39.0 Å². The van der Waals surface area contributed by atoms with Gasteiger partial charge in [0.25, 0.3) is 0 Å². The summed E-state index contributed by atoms with van der Waals surface area (Å²) in [6, 6.07) is -0.0195. The van der Waals surface area contributed by atoms with Crippen LogP contribution >= 0.6 is 0 Å². The number of hydrogen-bond acceptors (Lipinski definition) is 3. The first kappa shape index (κ1) is 14.7. The van der Waals surface area contributed by atoms with E-state index in [0.717, 1.165) is 18.4 Å². The van der Waals surface area contributed by atoms with Crippen LogP contribution < -0.4 is 5.32 Å². The molecule has 1 heterocycles. The molecule has 118 valence electrons. The molecule has 0 aromatic rings. The standard InChI is InChI=1S/C16H26N2O3/c1-16(14(19)21-2)7-8-18(10-16)15(20)17-9-13(11-3-4-11)12-5-6-12/h11-13H,3-10H2,1-2H3,(H,17,20)/t16-/m1/s1. The van der Waals surface area contributed by atoms with Gasteiger partial charge in [0.15, 0.2) is 0 Å². The van der Waals surface area contributed by atoms with E-state index in [4.69, 9.17) is 4.74 Å². The summed E-state index contributed by atoms with van der Waals surface area (Å²) < 4.78 is 4.85. The first-order valence-electron chi connectivity index (χ1n) is 8.15. The monoisotopic (exact) mass is 294 g/mol. The average Bonchev–Trinajstić information content (AvgIpc) is 3.38. The van der Waals surface area contributed by atoms with Crippen LogP contribution in [0.5, 0.6) is 0 Å². The zero-order chi connectivity index (χ0) is 15.0. The second kappa shape index (κ2) is 5.50. The summed E-state index contributed by atoms with van der Waals surface area (Å²) in [5.41, 5.74) is -0.543. The van der Waals surface area contributed by atoms with Crippen LogP contribution in [0, 0.1) is 23.2 Å². The molecule has 0 bridgehead atoms. The fraction of sp³-hybridized carbons (Fsp3) is 0.875. The Morgan fingerprint density at radius 1 is 1.29 bits per heavy atom. The number of nitrogens with zero attached hydrogens (tertiary/aromatic N) is 1. The Balaban J connectivity index is 1.48. The number of ether oxygens (including phenoxy) is 1. The summed E-state index contributed by atoms with van der Waals surface area (Å²) in [5, 5.41) is 3.10. The molecule has 0 spiro atoms. The van der Waals surface area contributed by atoms with Crippen molar-refractivity contribution in [2.45, 2.75) is 39.0 Å². The topological polar surface area (TPSA) is 58.6 Å². The zero-order valence-corrected chi connectivity index (χ0v) is 13.1. The van der Waals surface area contributed by atoms with Gasteiger partial charge in [-0.05, 0) is 56.8 Å². The maximum atomic E-state index is 12.3. The lowest BCUT2D eigenvalue weighted by Gasteiger charge is -2.23. The number of likely N-dealkylation sites (tertiary alicyclic amines) is 1. The maximum Gasteiger partial charge on any atom is 0.317 e. The third kappa shape index (κ3) is 3.16. The number of carbonyl (C=O) groups is 2. The molecule has 21 heavy (non-hydrogen) atoms. The highest BCUT2D eigenvalue weighted by Crippen LogP contribution is 2.48. The summed E-state index contributed by atoms with van der Waals surface area (Å²) in [5.74, 6) is 2.16. The van der Waals surface area contributed by atoms with Crippen molar-refractivity contribution in [2.24, 2.45) is 23.2 Å². The molecule has 2 aliphatic carbocycles. The van der Waals surface area contributed by atoms with E-state index < -0.39 is 5.41 Å². The molecule has 3 fully saturated rings.